The second-order valence-electron chi connectivity index (χ2n) is 8.03. The second kappa shape index (κ2) is 10.0. The normalized spacial score (nSPS) is 10.8. The van der Waals surface area contributed by atoms with Gasteiger partial charge in [-0.15, -0.1) is 0 Å². The minimum absolute atomic E-state index is 0.0431. The van der Waals surface area contributed by atoms with E-state index in [1.54, 1.807) is 11.2 Å². The standard InChI is InChI=1S/C25H30N2O3/c1-19(2)18-30-23-13-9-21(10-14-23)25(28)27(17-24-6-5-15-29-24)16-20-7-11-22(12-8-20)26(3)4/h5-15,19H,16-18H2,1-4H3. The van der Waals surface area contributed by atoms with Crippen molar-refractivity contribution in [3.63, 3.8) is 0 Å². The average Bonchev–Trinajstić information content (AvgIpc) is 3.25. The number of anilines is 1. The summed E-state index contributed by atoms with van der Waals surface area (Å²) in [5.41, 5.74) is 2.82. The molecule has 1 aromatic heterocycles. The van der Waals surface area contributed by atoms with Crippen LogP contribution >= 0.6 is 0 Å². The number of rotatable bonds is 9. The molecule has 1 heterocycles. The Morgan fingerprint density at radius 1 is 0.967 bits per heavy atom. The number of hydrogen-bond donors (Lipinski definition) is 0. The molecule has 0 saturated heterocycles. The van der Waals surface area contributed by atoms with Gasteiger partial charge in [-0.3, -0.25) is 4.79 Å². The van der Waals surface area contributed by atoms with Crippen LogP contribution in [0.3, 0.4) is 0 Å². The maximum absolute atomic E-state index is 13.3. The average molecular weight is 407 g/mol. The van der Waals surface area contributed by atoms with Crippen LogP contribution in [-0.2, 0) is 13.1 Å². The highest BCUT2D eigenvalue weighted by molar-refractivity contribution is 5.94. The number of benzene rings is 2. The summed E-state index contributed by atoms with van der Waals surface area (Å²) in [6.45, 7) is 5.78. The van der Waals surface area contributed by atoms with Crippen molar-refractivity contribution >= 4 is 11.6 Å². The lowest BCUT2D eigenvalue weighted by molar-refractivity contribution is 0.0717. The van der Waals surface area contributed by atoms with Gasteiger partial charge in [-0.1, -0.05) is 26.0 Å². The maximum Gasteiger partial charge on any atom is 0.254 e. The Labute approximate surface area is 178 Å². The molecule has 0 aliphatic heterocycles. The van der Waals surface area contributed by atoms with E-state index < -0.39 is 0 Å². The van der Waals surface area contributed by atoms with Crippen molar-refractivity contribution in [2.75, 3.05) is 25.6 Å². The molecular formula is C25H30N2O3. The molecule has 30 heavy (non-hydrogen) atoms. The van der Waals surface area contributed by atoms with Gasteiger partial charge in [0.05, 0.1) is 19.4 Å². The molecule has 0 spiro atoms. The van der Waals surface area contributed by atoms with E-state index in [-0.39, 0.29) is 5.91 Å². The summed E-state index contributed by atoms with van der Waals surface area (Å²) in [7, 11) is 4.02. The van der Waals surface area contributed by atoms with Crippen LogP contribution in [0.4, 0.5) is 5.69 Å². The van der Waals surface area contributed by atoms with Gasteiger partial charge in [-0.25, -0.2) is 0 Å². The van der Waals surface area contributed by atoms with Gasteiger partial charge >= 0.3 is 0 Å². The molecule has 158 valence electrons. The largest absolute Gasteiger partial charge is 0.493 e. The van der Waals surface area contributed by atoms with Crippen molar-refractivity contribution in [2.45, 2.75) is 26.9 Å². The van der Waals surface area contributed by atoms with Crippen LogP contribution in [0.1, 0.15) is 35.5 Å². The molecule has 0 radical (unpaired) electrons. The SMILES string of the molecule is CC(C)COc1ccc(C(=O)N(Cc2ccc(N(C)C)cc2)Cc2ccco2)cc1. The van der Waals surface area contributed by atoms with Crippen LogP contribution in [0.15, 0.2) is 71.3 Å². The second-order valence-corrected chi connectivity index (χ2v) is 8.03. The molecule has 0 bridgehead atoms. The van der Waals surface area contributed by atoms with E-state index in [4.69, 9.17) is 9.15 Å². The van der Waals surface area contributed by atoms with Gasteiger partial charge in [0.25, 0.3) is 5.91 Å². The minimum atomic E-state index is -0.0431. The first-order valence-electron chi connectivity index (χ1n) is 10.2. The lowest BCUT2D eigenvalue weighted by Gasteiger charge is -2.23. The number of ether oxygens (including phenoxy) is 1. The molecule has 2 aromatic carbocycles. The van der Waals surface area contributed by atoms with Crippen molar-refractivity contribution < 1.29 is 13.9 Å². The van der Waals surface area contributed by atoms with Crippen LogP contribution in [0, 0.1) is 5.92 Å². The first-order valence-corrected chi connectivity index (χ1v) is 10.2. The number of carbonyl (C=O) groups is 1. The van der Waals surface area contributed by atoms with Gasteiger partial charge in [0.15, 0.2) is 0 Å². The summed E-state index contributed by atoms with van der Waals surface area (Å²) < 4.78 is 11.2. The molecule has 0 saturated carbocycles. The van der Waals surface area contributed by atoms with Crippen molar-refractivity contribution in [2.24, 2.45) is 5.92 Å². The molecule has 0 N–H and O–H groups in total. The molecule has 0 atom stereocenters. The third-order valence-corrected chi connectivity index (χ3v) is 4.72. The Morgan fingerprint density at radius 2 is 1.67 bits per heavy atom. The van der Waals surface area contributed by atoms with E-state index in [1.165, 1.54) is 0 Å². The predicted octanol–water partition coefficient (Wildman–Crippen LogP) is 5.22. The number of carbonyl (C=O) groups excluding carboxylic acids is 1. The van der Waals surface area contributed by atoms with Crippen molar-refractivity contribution in [3.8, 4) is 5.75 Å². The summed E-state index contributed by atoms with van der Waals surface area (Å²) in [5.74, 6) is 1.94. The molecule has 5 nitrogen and oxygen atoms in total. The van der Waals surface area contributed by atoms with Crippen LogP contribution in [0.25, 0.3) is 0 Å². The molecule has 0 fully saturated rings. The summed E-state index contributed by atoms with van der Waals surface area (Å²) in [6.07, 6.45) is 1.63. The fraction of sp³-hybridized carbons (Fsp3) is 0.320. The van der Waals surface area contributed by atoms with Gasteiger partial charge in [0, 0.05) is 31.9 Å². The lowest BCUT2D eigenvalue weighted by Crippen LogP contribution is -2.30. The molecule has 0 aliphatic rings. The fourth-order valence-electron chi connectivity index (χ4n) is 3.05. The zero-order chi connectivity index (χ0) is 21.5. The Kier molecular flexibility index (Phi) is 7.17. The summed E-state index contributed by atoms with van der Waals surface area (Å²) in [5, 5.41) is 0. The third kappa shape index (κ3) is 5.89. The van der Waals surface area contributed by atoms with E-state index in [9.17, 15) is 4.79 Å². The summed E-state index contributed by atoms with van der Waals surface area (Å²) in [4.78, 5) is 17.1. The van der Waals surface area contributed by atoms with Crippen LogP contribution < -0.4 is 9.64 Å². The number of furan rings is 1. The molecule has 3 aromatic rings. The topological polar surface area (TPSA) is 45.9 Å². The molecule has 0 unspecified atom stereocenters. The zero-order valence-corrected chi connectivity index (χ0v) is 18.2. The van der Waals surface area contributed by atoms with Crippen LogP contribution in [-0.4, -0.2) is 31.5 Å². The Hall–Kier alpha value is -3.21. The van der Waals surface area contributed by atoms with Crippen LogP contribution in [0.2, 0.25) is 0 Å². The smallest absolute Gasteiger partial charge is 0.254 e. The summed E-state index contributed by atoms with van der Waals surface area (Å²) >= 11 is 0. The third-order valence-electron chi connectivity index (χ3n) is 4.72. The van der Waals surface area contributed by atoms with Crippen molar-refractivity contribution in [1.29, 1.82) is 0 Å². The molecule has 3 rings (SSSR count). The Morgan fingerprint density at radius 3 is 2.23 bits per heavy atom. The van der Waals surface area contributed by atoms with Gasteiger partial charge < -0.3 is 19.0 Å². The van der Waals surface area contributed by atoms with E-state index in [0.29, 0.717) is 31.2 Å². The molecular weight excluding hydrogens is 376 g/mol. The van der Waals surface area contributed by atoms with Gasteiger partial charge in [-0.05, 0) is 60.0 Å². The van der Waals surface area contributed by atoms with E-state index in [2.05, 4.69) is 43.0 Å². The fourth-order valence-corrected chi connectivity index (χ4v) is 3.05. The highest BCUT2D eigenvalue weighted by atomic mass is 16.5. The number of nitrogens with zero attached hydrogens (tertiary/aromatic N) is 2. The van der Waals surface area contributed by atoms with Gasteiger partial charge in [0.2, 0.25) is 0 Å². The highest BCUT2D eigenvalue weighted by Crippen LogP contribution is 2.19. The summed E-state index contributed by atoms with van der Waals surface area (Å²) in [6, 6.07) is 19.3. The van der Waals surface area contributed by atoms with E-state index >= 15 is 0 Å². The Bertz CT molecular complexity index is 914. The van der Waals surface area contributed by atoms with Crippen molar-refractivity contribution in [3.05, 3.63) is 83.8 Å². The Balaban J connectivity index is 1.76. The van der Waals surface area contributed by atoms with E-state index in [0.717, 1.165) is 22.8 Å². The molecule has 5 heteroatoms. The lowest BCUT2D eigenvalue weighted by atomic mass is 10.1. The quantitative estimate of drug-likeness (QED) is 0.489. The zero-order valence-electron chi connectivity index (χ0n) is 18.2. The highest BCUT2D eigenvalue weighted by Gasteiger charge is 2.18. The van der Waals surface area contributed by atoms with Gasteiger partial charge in [-0.2, -0.15) is 0 Å². The van der Waals surface area contributed by atoms with Crippen molar-refractivity contribution in [1.82, 2.24) is 4.90 Å². The molecule has 1 amide bonds. The first kappa shape index (κ1) is 21.5. The van der Waals surface area contributed by atoms with E-state index in [1.807, 2.05) is 50.5 Å². The minimum Gasteiger partial charge on any atom is -0.493 e. The predicted molar refractivity (Wildman–Crippen MR) is 120 cm³/mol. The van der Waals surface area contributed by atoms with Crippen LogP contribution in [0.5, 0.6) is 5.75 Å². The van der Waals surface area contributed by atoms with Gasteiger partial charge in [0.1, 0.15) is 11.5 Å². The molecule has 0 aliphatic carbocycles. The number of hydrogen-bond acceptors (Lipinski definition) is 4. The first-order chi connectivity index (χ1) is 14.4. The monoisotopic (exact) mass is 406 g/mol. The maximum atomic E-state index is 13.3. The number of amides is 1.